The molecule has 0 atom stereocenters. The summed E-state index contributed by atoms with van der Waals surface area (Å²) in [6, 6.07) is 13.5. The smallest absolute Gasteiger partial charge is 0.257 e. The largest absolute Gasteiger partial charge is 0.496 e. The van der Waals surface area contributed by atoms with Gasteiger partial charge >= 0.3 is 0 Å². The Bertz CT molecular complexity index is 980. The Morgan fingerprint density at radius 3 is 2.68 bits per heavy atom. The van der Waals surface area contributed by atoms with E-state index in [1.54, 1.807) is 26.5 Å². The van der Waals surface area contributed by atoms with Gasteiger partial charge in [0, 0.05) is 38.1 Å². The lowest BCUT2D eigenvalue weighted by Gasteiger charge is -2.12. The van der Waals surface area contributed by atoms with Crippen LogP contribution in [0.5, 0.6) is 11.5 Å². The number of amides is 1. The topological polar surface area (TPSA) is 82.6 Å². The van der Waals surface area contributed by atoms with E-state index in [1.807, 2.05) is 36.4 Å². The van der Waals surface area contributed by atoms with E-state index >= 15 is 0 Å². The van der Waals surface area contributed by atoms with Crippen molar-refractivity contribution in [2.75, 3.05) is 32.8 Å². The SMILES string of the molecule is COCCCOc1cc(CCc2ccccc2OC)cc(C(=O)Nc2cnccn2)c1. The third-order valence-electron chi connectivity index (χ3n) is 4.67. The number of carbonyl (C=O) groups excluding carboxylic acids is 1. The molecule has 0 fully saturated rings. The standard InChI is InChI=1S/C24H27N3O4/c1-29-12-5-13-31-21-15-18(8-9-19-6-3-4-7-22(19)30-2)14-20(16-21)24(28)27-23-17-25-10-11-26-23/h3-4,6-7,10-11,14-17H,5,8-9,12-13H2,1-2H3,(H,26,27,28). The molecule has 1 aromatic heterocycles. The van der Waals surface area contributed by atoms with Crippen LogP contribution >= 0.6 is 0 Å². The molecule has 0 aliphatic rings. The van der Waals surface area contributed by atoms with Crippen LogP contribution in [0.2, 0.25) is 0 Å². The number of carbonyl (C=O) groups is 1. The first kappa shape index (κ1) is 22.2. The molecular formula is C24H27N3O4. The maximum absolute atomic E-state index is 12.8. The molecule has 0 bridgehead atoms. The molecule has 1 heterocycles. The van der Waals surface area contributed by atoms with Gasteiger partial charge in [0.2, 0.25) is 0 Å². The Hall–Kier alpha value is -3.45. The van der Waals surface area contributed by atoms with Gasteiger partial charge in [-0.1, -0.05) is 18.2 Å². The van der Waals surface area contributed by atoms with E-state index in [4.69, 9.17) is 14.2 Å². The second kappa shape index (κ2) is 11.7. The summed E-state index contributed by atoms with van der Waals surface area (Å²) in [6.45, 7) is 1.13. The molecule has 3 rings (SSSR count). The molecule has 7 nitrogen and oxygen atoms in total. The predicted molar refractivity (Wildman–Crippen MR) is 119 cm³/mol. The van der Waals surface area contributed by atoms with Crippen molar-refractivity contribution in [3.05, 3.63) is 77.7 Å². The van der Waals surface area contributed by atoms with Gasteiger partial charge < -0.3 is 19.5 Å². The number of methoxy groups -OCH3 is 2. The Morgan fingerprint density at radius 1 is 1.03 bits per heavy atom. The molecule has 0 saturated carbocycles. The van der Waals surface area contributed by atoms with Gasteiger partial charge in [-0.05, 0) is 48.2 Å². The highest BCUT2D eigenvalue weighted by molar-refractivity contribution is 6.04. The quantitative estimate of drug-likeness (QED) is 0.472. The van der Waals surface area contributed by atoms with Crippen LogP contribution in [0.1, 0.15) is 27.9 Å². The van der Waals surface area contributed by atoms with Gasteiger partial charge in [-0.15, -0.1) is 0 Å². The molecule has 0 radical (unpaired) electrons. The van der Waals surface area contributed by atoms with E-state index in [1.165, 1.54) is 12.4 Å². The highest BCUT2D eigenvalue weighted by Crippen LogP contribution is 2.23. The number of rotatable bonds is 11. The van der Waals surface area contributed by atoms with Crippen molar-refractivity contribution in [1.29, 1.82) is 0 Å². The van der Waals surface area contributed by atoms with E-state index in [9.17, 15) is 4.79 Å². The molecule has 0 saturated heterocycles. The number of aryl methyl sites for hydroxylation is 2. The molecule has 7 heteroatoms. The summed E-state index contributed by atoms with van der Waals surface area (Å²) in [5.41, 5.74) is 2.62. The van der Waals surface area contributed by atoms with Crippen LogP contribution in [0.3, 0.4) is 0 Å². The fourth-order valence-corrected chi connectivity index (χ4v) is 3.15. The monoisotopic (exact) mass is 421 g/mol. The number of hydrogen-bond donors (Lipinski definition) is 1. The number of anilines is 1. The molecule has 31 heavy (non-hydrogen) atoms. The van der Waals surface area contributed by atoms with Crippen molar-refractivity contribution in [3.63, 3.8) is 0 Å². The third kappa shape index (κ3) is 6.79. The van der Waals surface area contributed by atoms with E-state index < -0.39 is 0 Å². The highest BCUT2D eigenvalue weighted by atomic mass is 16.5. The van der Waals surface area contributed by atoms with Crippen molar-refractivity contribution < 1.29 is 19.0 Å². The summed E-state index contributed by atoms with van der Waals surface area (Å²) in [7, 11) is 3.33. The second-order valence-electron chi connectivity index (χ2n) is 6.92. The Morgan fingerprint density at radius 2 is 1.90 bits per heavy atom. The first-order valence-corrected chi connectivity index (χ1v) is 10.1. The summed E-state index contributed by atoms with van der Waals surface area (Å²) in [4.78, 5) is 20.9. The minimum absolute atomic E-state index is 0.263. The van der Waals surface area contributed by atoms with Crippen LogP contribution in [0, 0.1) is 0 Å². The Labute approximate surface area is 182 Å². The summed E-state index contributed by atoms with van der Waals surface area (Å²) >= 11 is 0. The van der Waals surface area contributed by atoms with Gasteiger partial charge in [0.05, 0.1) is 19.9 Å². The molecule has 162 valence electrons. The van der Waals surface area contributed by atoms with Gasteiger partial charge in [-0.3, -0.25) is 9.78 Å². The fourth-order valence-electron chi connectivity index (χ4n) is 3.15. The second-order valence-corrected chi connectivity index (χ2v) is 6.92. The lowest BCUT2D eigenvalue weighted by atomic mass is 10.0. The molecule has 2 aromatic carbocycles. The average molecular weight is 421 g/mol. The molecule has 0 aliphatic heterocycles. The molecule has 1 amide bonds. The minimum atomic E-state index is -0.263. The van der Waals surface area contributed by atoms with E-state index in [2.05, 4.69) is 15.3 Å². The van der Waals surface area contributed by atoms with Crippen LogP contribution in [0.25, 0.3) is 0 Å². The first-order chi connectivity index (χ1) is 15.2. The van der Waals surface area contributed by atoms with Gasteiger partial charge in [-0.2, -0.15) is 0 Å². The van der Waals surface area contributed by atoms with Crippen LogP contribution in [0.4, 0.5) is 5.82 Å². The van der Waals surface area contributed by atoms with Crippen molar-refractivity contribution in [3.8, 4) is 11.5 Å². The first-order valence-electron chi connectivity index (χ1n) is 10.1. The van der Waals surface area contributed by atoms with Crippen LogP contribution < -0.4 is 14.8 Å². The van der Waals surface area contributed by atoms with Crippen molar-refractivity contribution in [1.82, 2.24) is 9.97 Å². The Kier molecular flexibility index (Phi) is 8.37. The zero-order valence-corrected chi connectivity index (χ0v) is 17.8. The predicted octanol–water partition coefficient (Wildman–Crippen LogP) is 3.94. The van der Waals surface area contributed by atoms with Gasteiger partial charge in [0.1, 0.15) is 11.5 Å². The number of benzene rings is 2. The third-order valence-corrected chi connectivity index (χ3v) is 4.67. The number of nitrogens with one attached hydrogen (secondary N) is 1. The molecule has 3 aromatic rings. The number of nitrogens with zero attached hydrogens (tertiary/aromatic N) is 2. The number of ether oxygens (including phenoxy) is 3. The molecule has 1 N–H and O–H groups in total. The van der Waals surface area contributed by atoms with E-state index in [0.717, 1.165) is 36.1 Å². The number of para-hydroxylation sites is 1. The van der Waals surface area contributed by atoms with Crippen LogP contribution in [-0.2, 0) is 17.6 Å². The zero-order chi connectivity index (χ0) is 21.9. The van der Waals surface area contributed by atoms with Crippen molar-refractivity contribution >= 4 is 11.7 Å². The molecule has 0 aliphatic carbocycles. The molecular weight excluding hydrogens is 394 g/mol. The summed E-state index contributed by atoms with van der Waals surface area (Å²) in [5, 5.41) is 2.77. The number of hydrogen-bond acceptors (Lipinski definition) is 6. The molecule has 0 spiro atoms. The maximum Gasteiger partial charge on any atom is 0.257 e. The maximum atomic E-state index is 12.8. The lowest BCUT2D eigenvalue weighted by molar-refractivity contribution is 0.102. The molecule has 0 unspecified atom stereocenters. The van der Waals surface area contributed by atoms with Gasteiger partial charge in [-0.25, -0.2) is 4.98 Å². The summed E-state index contributed by atoms with van der Waals surface area (Å²) in [6.07, 6.45) is 6.88. The van der Waals surface area contributed by atoms with Crippen molar-refractivity contribution in [2.24, 2.45) is 0 Å². The van der Waals surface area contributed by atoms with Crippen LogP contribution in [0.15, 0.2) is 61.1 Å². The summed E-state index contributed by atoms with van der Waals surface area (Å²) < 4.78 is 16.4. The van der Waals surface area contributed by atoms with Crippen LogP contribution in [-0.4, -0.2) is 43.3 Å². The van der Waals surface area contributed by atoms with Gasteiger partial charge in [0.15, 0.2) is 5.82 Å². The average Bonchev–Trinajstić information content (AvgIpc) is 2.81. The fraction of sp³-hybridized carbons (Fsp3) is 0.292. The Balaban J connectivity index is 1.77. The lowest BCUT2D eigenvalue weighted by Crippen LogP contribution is -2.14. The van der Waals surface area contributed by atoms with Gasteiger partial charge in [0.25, 0.3) is 5.91 Å². The van der Waals surface area contributed by atoms with E-state index in [0.29, 0.717) is 30.3 Å². The number of aromatic nitrogens is 2. The summed E-state index contributed by atoms with van der Waals surface area (Å²) in [5.74, 6) is 1.64. The van der Waals surface area contributed by atoms with E-state index in [-0.39, 0.29) is 5.91 Å². The van der Waals surface area contributed by atoms with Crippen molar-refractivity contribution in [2.45, 2.75) is 19.3 Å². The zero-order valence-electron chi connectivity index (χ0n) is 17.8. The normalized spacial score (nSPS) is 10.5. The minimum Gasteiger partial charge on any atom is -0.496 e. The highest BCUT2D eigenvalue weighted by Gasteiger charge is 2.12.